The van der Waals surface area contributed by atoms with Crippen molar-refractivity contribution in [3.8, 4) is 11.1 Å². The molecule has 7 heteroatoms. The summed E-state index contributed by atoms with van der Waals surface area (Å²) in [6, 6.07) is 58.1. The number of fused-ring (bicyclic) bond motifs is 6. The van der Waals surface area contributed by atoms with Crippen LogP contribution in [0.1, 0.15) is 138 Å². The zero-order valence-corrected chi connectivity index (χ0v) is 48.6. The lowest BCUT2D eigenvalue weighted by atomic mass is 10.0. The van der Waals surface area contributed by atoms with Crippen molar-refractivity contribution in [2.75, 3.05) is 11.2 Å². The van der Waals surface area contributed by atoms with Crippen LogP contribution in [0, 0.1) is 0 Å². The van der Waals surface area contributed by atoms with Gasteiger partial charge in [0.1, 0.15) is 16.7 Å². The zero-order chi connectivity index (χ0) is 49.6. The molecule has 71 heavy (non-hydrogen) atoms. The van der Waals surface area contributed by atoms with Gasteiger partial charge in [-0.1, -0.05) is 288 Å². The van der Waals surface area contributed by atoms with Crippen molar-refractivity contribution >= 4 is 103 Å². The quantitative estimate of drug-likeness (QED) is 0.0346. The molecule has 2 unspecified atom stereocenters. The van der Waals surface area contributed by atoms with Gasteiger partial charge in [-0.25, -0.2) is 0 Å². The number of nitrogens with zero attached hydrogens (tertiary/aromatic N) is 1. The van der Waals surface area contributed by atoms with Crippen LogP contribution in [0.3, 0.4) is 0 Å². The van der Waals surface area contributed by atoms with Gasteiger partial charge in [-0.2, -0.15) is 0 Å². The predicted molar refractivity (Wildman–Crippen MR) is 325 cm³/mol. The number of hydrogen-bond donors (Lipinski definition) is 0. The minimum Gasteiger partial charge on any atom is -0.455 e. The van der Waals surface area contributed by atoms with E-state index in [1.165, 1.54) is 162 Å². The highest BCUT2D eigenvalue weighted by Gasteiger charge is 2.36. The van der Waals surface area contributed by atoms with E-state index in [-0.39, 0.29) is 0 Å². The third kappa shape index (κ3) is 11.9. The van der Waals surface area contributed by atoms with E-state index < -0.39 is 23.9 Å². The number of para-hydroxylation sites is 4. The van der Waals surface area contributed by atoms with Crippen LogP contribution in [0.15, 0.2) is 136 Å². The minimum absolute atomic E-state index is 0.536. The summed E-state index contributed by atoms with van der Waals surface area (Å²) < 4.78 is 16.8. The average molecular weight is 1020 g/mol. The normalized spacial score (nSPS) is 12.9. The molecule has 0 aliphatic carbocycles. The smallest absolute Gasteiger partial charge is 0.158 e. The lowest BCUT2D eigenvalue weighted by Crippen LogP contribution is -2.48. The van der Waals surface area contributed by atoms with Crippen LogP contribution in [-0.4, -0.2) is 22.7 Å². The molecule has 8 rings (SSSR count). The van der Waals surface area contributed by atoms with Crippen molar-refractivity contribution in [2.24, 2.45) is 0 Å². The standard InChI is InChI=1S/C64H85NO2P2Si2/c1-8-15-42-65(59-33-27-32-56-54-29-23-25-35-61(54)67-64(56)59)69(50-36-38-51(39-37-50)70(43-16-9-2,44-17-10-3)45-18-11-4)68-62-41-40-52(71(46-19-12-5,47-20-13-6)48-21-14-7)49-58(62)57-31-26-30-55-53-28-22-24-34-60(53)66-63(55)57/h22-41,49,68H,8-21,42-48H2,1-7H3. The Kier molecular flexibility index (Phi) is 19.4. The van der Waals surface area contributed by atoms with Crippen molar-refractivity contribution in [2.45, 2.75) is 175 Å². The Bertz CT molecular complexity index is 2880. The summed E-state index contributed by atoms with van der Waals surface area (Å²) in [7, 11) is -3.93. The van der Waals surface area contributed by atoms with E-state index in [0.717, 1.165) is 41.7 Å². The highest BCUT2D eigenvalue weighted by atomic mass is 32.1. The summed E-state index contributed by atoms with van der Waals surface area (Å²) in [5, 5.41) is 11.1. The molecule has 0 bridgehead atoms. The summed E-state index contributed by atoms with van der Waals surface area (Å²) in [5.41, 5.74) is 7.84. The van der Waals surface area contributed by atoms with E-state index in [4.69, 9.17) is 8.83 Å². The van der Waals surface area contributed by atoms with Crippen LogP contribution >= 0.6 is 16.0 Å². The Balaban J connectivity index is 1.37. The minimum atomic E-state index is -1.86. The molecule has 0 aliphatic heterocycles. The maximum Gasteiger partial charge on any atom is 0.158 e. The monoisotopic (exact) mass is 1020 g/mol. The number of furan rings is 2. The van der Waals surface area contributed by atoms with Crippen LogP contribution in [0.4, 0.5) is 5.69 Å². The van der Waals surface area contributed by atoms with Crippen molar-refractivity contribution in [1.29, 1.82) is 0 Å². The molecule has 376 valence electrons. The summed E-state index contributed by atoms with van der Waals surface area (Å²) >= 11 is 0. The molecule has 0 fully saturated rings. The topological polar surface area (TPSA) is 29.5 Å². The molecule has 0 radical (unpaired) electrons. The number of anilines is 1. The molecular weight excluding hydrogens is 933 g/mol. The Hall–Kier alpha value is -3.99. The van der Waals surface area contributed by atoms with Crippen LogP contribution in [0.2, 0.25) is 36.3 Å². The van der Waals surface area contributed by atoms with Gasteiger partial charge < -0.3 is 13.5 Å². The fraction of sp³-hybridized carbons (Fsp3) is 0.438. The second-order valence-corrected chi connectivity index (χ2v) is 34.5. The molecule has 2 aromatic heterocycles. The largest absolute Gasteiger partial charge is 0.455 e. The summed E-state index contributed by atoms with van der Waals surface area (Å²) in [5.74, 6) is 0. The Morgan fingerprint density at radius 1 is 0.423 bits per heavy atom. The van der Waals surface area contributed by atoms with E-state index in [2.05, 4.69) is 181 Å². The summed E-state index contributed by atoms with van der Waals surface area (Å²) in [6.07, 6.45) is 17.8. The van der Waals surface area contributed by atoms with Crippen LogP contribution in [0.5, 0.6) is 0 Å². The van der Waals surface area contributed by atoms with Crippen LogP contribution < -0.4 is 25.7 Å². The molecule has 6 aromatic carbocycles. The highest BCUT2D eigenvalue weighted by molar-refractivity contribution is 8.28. The number of rotatable bonds is 29. The predicted octanol–water partition coefficient (Wildman–Crippen LogP) is 19.5. The molecule has 8 aromatic rings. The summed E-state index contributed by atoms with van der Waals surface area (Å²) in [4.78, 5) is 0. The Morgan fingerprint density at radius 2 is 0.873 bits per heavy atom. The maximum absolute atomic E-state index is 6.98. The van der Waals surface area contributed by atoms with Crippen molar-refractivity contribution in [1.82, 2.24) is 0 Å². The number of unbranched alkanes of at least 4 members (excludes halogenated alkanes) is 7. The molecule has 0 amide bonds. The first-order valence-electron chi connectivity index (χ1n) is 28.3. The maximum atomic E-state index is 6.98. The Morgan fingerprint density at radius 3 is 1.41 bits per heavy atom. The van der Waals surface area contributed by atoms with Gasteiger partial charge in [0.05, 0.1) is 21.8 Å². The lowest BCUT2D eigenvalue weighted by Gasteiger charge is -2.36. The molecule has 0 N–H and O–H groups in total. The third-order valence-electron chi connectivity index (χ3n) is 16.0. The second kappa shape index (κ2) is 25.8. The molecule has 3 nitrogen and oxygen atoms in total. The first kappa shape index (κ1) is 53.3. The fourth-order valence-corrected chi connectivity index (χ4v) is 28.4. The highest BCUT2D eigenvalue weighted by Crippen LogP contribution is 2.60. The van der Waals surface area contributed by atoms with Crippen molar-refractivity contribution < 1.29 is 8.83 Å². The van der Waals surface area contributed by atoms with Gasteiger partial charge in [-0.3, -0.25) is 0 Å². The van der Waals surface area contributed by atoms with Crippen molar-refractivity contribution in [3.63, 3.8) is 0 Å². The molecule has 2 heterocycles. The fourth-order valence-electron chi connectivity index (χ4n) is 11.8. The van der Waals surface area contributed by atoms with Gasteiger partial charge in [0.15, 0.2) is 5.58 Å². The SMILES string of the molecule is CCCCN(c1cccc2c1oc1ccccc12)P(Pc1ccc([Si](CCCC)(CCCC)CCCC)cc1-c1cccc2c1oc1ccccc12)c1ccc([Si](CCCC)(CCCC)CCCC)cc1. The lowest BCUT2D eigenvalue weighted by molar-refractivity contribution is 0.667. The molecular formula is C64H85NO2P2Si2. The van der Waals surface area contributed by atoms with E-state index >= 15 is 0 Å². The van der Waals surface area contributed by atoms with Crippen LogP contribution in [0.25, 0.3) is 55.0 Å². The van der Waals surface area contributed by atoms with E-state index in [0.29, 0.717) is 8.27 Å². The number of hydrogen-bond acceptors (Lipinski definition) is 3. The Labute approximate surface area is 433 Å². The molecule has 0 saturated heterocycles. The van der Waals surface area contributed by atoms with Gasteiger partial charge in [-0.05, 0) is 43.8 Å². The first-order chi connectivity index (χ1) is 34.9. The van der Waals surface area contributed by atoms with Gasteiger partial charge in [0, 0.05) is 46.7 Å². The molecule has 0 aliphatic rings. The van der Waals surface area contributed by atoms with Gasteiger partial charge in [0.25, 0.3) is 0 Å². The van der Waals surface area contributed by atoms with Gasteiger partial charge in [0.2, 0.25) is 0 Å². The number of benzene rings is 6. The molecule has 0 saturated carbocycles. The van der Waals surface area contributed by atoms with E-state index in [1.54, 1.807) is 10.4 Å². The van der Waals surface area contributed by atoms with E-state index in [1.807, 2.05) is 0 Å². The zero-order valence-electron chi connectivity index (χ0n) is 44.7. The van der Waals surface area contributed by atoms with Crippen LogP contribution in [-0.2, 0) is 0 Å². The molecule has 2 atom stereocenters. The molecule has 0 spiro atoms. The second-order valence-electron chi connectivity index (χ2n) is 20.9. The average Bonchev–Trinajstić information content (AvgIpc) is 4.00. The van der Waals surface area contributed by atoms with E-state index in [9.17, 15) is 0 Å². The third-order valence-corrected chi connectivity index (χ3v) is 32.3. The summed E-state index contributed by atoms with van der Waals surface area (Å²) in [6.45, 7) is 17.7. The van der Waals surface area contributed by atoms with Gasteiger partial charge in [-0.15, -0.1) is 0 Å². The van der Waals surface area contributed by atoms with Gasteiger partial charge >= 0.3 is 0 Å². The van der Waals surface area contributed by atoms with Crippen molar-refractivity contribution in [3.05, 3.63) is 127 Å². The first-order valence-corrected chi connectivity index (χ1v) is 36.7.